The highest BCUT2D eigenvalue weighted by molar-refractivity contribution is 14.1. The van der Waals surface area contributed by atoms with Gasteiger partial charge in [0, 0.05) is 35.4 Å². The average Bonchev–Trinajstić information content (AvgIpc) is 2.31. The molecule has 0 aliphatic heterocycles. The fraction of sp³-hybridized carbons (Fsp3) is 0.417. The second kappa shape index (κ2) is 7.33. The molecule has 94 valence electrons. The molecule has 0 aliphatic carbocycles. The van der Waals surface area contributed by atoms with Crippen LogP contribution >= 0.6 is 38.5 Å². The van der Waals surface area contributed by atoms with Crippen molar-refractivity contribution in [2.75, 3.05) is 27.3 Å². The maximum Gasteiger partial charge on any atom is 0.254 e. The molecule has 1 aromatic rings. The summed E-state index contributed by atoms with van der Waals surface area (Å²) in [6.07, 6.45) is 0.848. The van der Waals surface area contributed by atoms with Gasteiger partial charge in [0.05, 0.1) is 5.56 Å². The second-order valence-electron chi connectivity index (χ2n) is 3.70. The van der Waals surface area contributed by atoms with Gasteiger partial charge in [-0.1, -0.05) is 0 Å². The number of benzene rings is 1. The second-order valence-corrected chi connectivity index (χ2v) is 5.80. The maximum atomic E-state index is 12.2. The van der Waals surface area contributed by atoms with Crippen LogP contribution in [0.1, 0.15) is 16.8 Å². The zero-order chi connectivity index (χ0) is 12.8. The van der Waals surface area contributed by atoms with Gasteiger partial charge in [-0.2, -0.15) is 0 Å². The molecule has 0 unspecified atom stereocenters. The van der Waals surface area contributed by atoms with E-state index in [0.29, 0.717) is 18.7 Å². The van der Waals surface area contributed by atoms with E-state index in [4.69, 9.17) is 4.74 Å². The summed E-state index contributed by atoms with van der Waals surface area (Å²) in [4.78, 5) is 13.9. The van der Waals surface area contributed by atoms with Gasteiger partial charge in [-0.3, -0.25) is 4.79 Å². The first kappa shape index (κ1) is 14.9. The van der Waals surface area contributed by atoms with Crippen molar-refractivity contribution >= 4 is 44.4 Å². The molecule has 0 bridgehead atoms. The molecule has 0 spiro atoms. The number of hydrogen-bond donors (Lipinski definition) is 0. The molecule has 5 heteroatoms. The number of carbonyl (C=O) groups excluding carboxylic acids is 1. The molecule has 1 aromatic carbocycles. The van der Waals surface area contributed by atoms with Gasteiger partial charge in [0.25, 0.3) is 5.91 Å². The minimum absolute atomic E-state index is 0.0338. The van der Waals surface area contributed by atoms with Gasteiger partial charge in [-0.05, 0) is 63.1 Å². The maximum absolute atomic E-state index is 12.2. The third-order valence-electron chi connectivity index (χ3n) is 2.35. The van der Waals surface area contributed by atoms with Crippen LogP contribution in [-0.4, -0.2) is 38.1 Å². The average molecular weight is 412 g/mol. The molecule has 0 saturated heterocycles. The van der Waals surface area contributed by atoms with E-state index >= 15 is 0 Å². The van der Waals surface area contributed by atoms with Crippen LogP contribution in [0.15, 0.2) is 22.7 Å². The Kier molecular flexibility index (Phi) is 6.43. The van der Waals surface area contributed by atoms with Gasteiger partial charge in [0.1, 0.15) is 0 Å². The van der Waals surface area contributed by atoms with Gasteiger partial charge in [0.15, 0.2) is 0 Å². The minimum atomic E-state index is 0.0338. The van der Waals surface area contributed by atoms with Crippen LogP contribution in [0, 0.1) is 3.57 Å². The summed E-state index contributed by atoms with van der Waals surface area (Å²) in [5, 5.41) is 0. The van der Waals surface area contributed by atoms with Crippen molar-refractivity contribution in [3.05, 3.63) is 31.8 Å². The Labute approximate surface area is 124 Å². The molecule has 0 aromatic heterocycles. The number of hydrogen-bond acceptors (Lipinski definition) is 2. The van der Waals surface area contributed by atoms with Gasteiger partial charge in [-0.15, -0.1) is 0 Å². The summed E-state index contributed by atoms with van der Waals surface area (Å²) < 4.78 is 6.86. The Morgan fingerprint density at radius 3 is 2.88 bits per heavy atom. The van der Waals surface area contributed by atoms with Crippen LogP contribution in [0.2, 0.25) is 0 Å². The van der Waals surface area contributed by atoms with Crippen molar-refractivity contribution in [2.45, 2.75) is 6.42 Å². The predicted molar refractivity (Wildman–Crippen MR) is 80.3 cm³/mol. The Morgan fingerprint density at radius 1 is 1.53 bits per heavy atom. The summed E-state index contributed by atoms with van der Waals surface area (Å²) in [5.41, 5.74) is 0.705. The van der Waals surface area contributed by atoms with Crippen LogP contribution in [0.3, 0.4) is 0 Å². The molecule has 0 radical (unpaired) electrons. The Hall–Kier alpha value is -0.140. The first-order valence-corrected chi connectivity index (χ1v) is 7.13. The molecule has 0 saturated carbocycles. The van der Waals surface area contributed by atoms with E-state index in [2.05, 4.69) is 38.5 Å². The lowest BCUT2D eigenvalue weighted by molar-refractivity contribution is 0.0778. The third kappa shape index (κ3) is 4.56. The SMILES string of the molecule is COCCCN(C)C(=O)c1cc(I)ccc1Br. The van der Waals surface area contributed by atoms with Crippen LogP contribution in [0.25, 0.3) is 0 Å². The topological polar surface area (TPSA) is 29.5 Å². The van der Waals surface area contributed by atoms with Crippen LogP contribution in [-0.2, 0) is 4.74 Å². The Morgan fingerprint density at radius 2 is 2.24 bits per heavy atom. The summed E-state index contributed by atoms with van der Waals surface area (Å²) in [7, 11) is 3.47. The Bertz CT molecular complexity index is 398. The van der Waals surface area contributed by atoms with Crippen LogP contribution < -0.4 is 0 Å². The van der Waals surface area contributed by atoms with E-state index in [1.165, 1.54) is 0 Å². The number of halogens is 2. The lowest BCUT2D eigenvalue weighted by atomic mass is 10.2. The summed E-state index contributed by atoms with van der Waals surface area (Å²) in [5.74, 6) is 0.0338. The minimum Gasteiger partial charge on any atom is -0.385 e. The number of rotatable bonds is 5. The molecule has 0 heterocycles. The fourth-order valence-electron chi connectivity index (χ4n) is 1.41. The van der Waals surface area contributed by atoms with Gasteiger partial charge in [0.2, 0.25) is 0 Å². The first-order chi connectivity index (χ1) is 8.06. The highest BCUT2D eigenvalue weighted by Crippen LogP contribution is 2.20. The van der Waals surface area contributed by atoms with E-state index < -0.39 is 0 Å². The number of methoxy groups -OCH3 is 1. The molecule has 0 aliphatic rings. The zero-order valence-electron chi connectivity index (χ0n) is 9.87. The Balaban J connectivity index is 2.71. The van der Waals surface area contributed by atoms with Crippen LogP contribution in [0.4, 0.5) is 0 Å². The molecule has 1 amide bonds. The third-order valence-corrected chi connectivity index (χ3v) is 3.71. The standard InChI is InChI=1S/C12H15BrINO2/c1-15(6-3-7-17-2)12(16)10-8-9(14)4-5-11(10)13/h4-5,8H,3,6-7H2,1-2H3. The highest BCUT2D eigenvalue weighted by atomic mass is 127. The molecule has 3 nitrogen and oxygen atoms in total. The van der Waals surface area contributed by atoms with Gasteiger partial charge < -0.3 is 9.64 Å². The van der Waals surface area contributed by atoms with Gasteiger partial charge in [-0.25, -0.2) is 0 Å². The quantitative estimate of drug-likeness (QED) is 0.550. The molecule has 0 atom stereocenters. The highest BCUT2D eigenvalue weighted by Gasteiger charge is 2.14. The summed E-state index contributed by atoms with van der Waals surface area (Å²) >= 11 is 5.61. The van der Waals surface area contributed by atoms with E-state index in [1.807, 2.05) is 25.2 Å². The molecule has 17 heavy (non-hydrogen) atoms. The molecule has 1 rings (SSSR count). The normalized spacial score (nSPS) is 10.4. The van der Waals surface area contributed by atoms with Crippen molar-refractivity contribution in [3.8, 4) is 0 Å². The molecular weight excluding hydrogens is 397 g/mol. The number of carbonyl (C=O) groups is 1. The number of amides is 1. The van der Waals surface area contributed by atoms with Gasteiger partial charge >= 0.3 is 0 Å². The summed E-state index contributed by atoms with van der Waals surface area (Å²) in [6, 6.07) is 5.75. The van der Waals surface area contributed by atoms with E-state index in [1.54, 1.807) is 12.0 Å². The van der Waals surface area contributed by atoms with Crippen molar-refractivity contribution in [2.24, 2.45) is 0 Å². The first-order valence-electron chi connectivity index (χ1n) is 5.25. The van der Waals surface area contributed by atoms with Crippen molar-refractivity contribution in [1.82, 2.24) is 4.90 Å². The monoisotopic (exact) mass is 411 g/mol. The fourth-order valence-corrected chi connectivity index (χ4v) is 2.32. The molecule has 0 fully saturated rings. The lowest BCUT2D eigenvalue weighted by Crippen LogP contribution is -2.28. The molecular formula is C12H15BrINO2. The van der Waals surface area contributed by atoms with Crippen LogP contribution in [0.5, 0.6) is 0 Å². The van der Waals surface area contributed by atoms with Crippen molar-refractivity contribution < 1.29 is 9.53 Å². The predicted octanol–water partition coefficient (Wildman–Crippen LogP) is 3.16. The smallest absolute Gasteiger partial charge is 0.254 e. The molecule has 0 N–H and O–H groups in total. The van der Waals surface area contributed by atoms with E-state index in [-0.39, 0.29) is 5.91 Å². The van der Waals surface area contributed by atoms with Crippen molar-refractivity contribution in [3.63, 3.8) is 0 Å². The van der Waals surface area contributed by atoms with Crippen molar-refractivity contribution in [1.29, 1.82) is 0 Å². The van der Waals surface area contributed by atoms with E-state index in [0.717, 1.165) is 14.5 Å². The zero-order valence-corrected chi connectivity index (χ0v) is 13.6. The lowest BCUT2D eigenvalue weighted by Gasteiger charge is -2.17. The van der Waals surface area contributed by atoms with E-state index in [9.17, 15) is 4.79 Å². The number of ether oxygens (including phenoxy) is 1. The largest absolute Gasteiger partial charge is 0.385 e. The number of nitrogens with zero attached hydrogens (tertiary/aromatic N) is 1. The summed E-state index contributed by atoms with van der Waals surface area (Å²) in [6.45, 7) is 1.37.